The van der Waals surface area contributed by atoms with Gasteiger partial charge in [-0.2, -0.15) is 8.78 Å². The number of fused-ring (bicyclic) bond motifs is 1. The zero-order valence-corrected chi connectivity index (χ0v) is 22.2. The summed E-state index contributed by atoms with van der Waals surface area (Å²) < 4.78 is 31.2. The van der Waals surface area contributed by atoms with Crippen LogP contribution >= 0.6 is 23.1 Å². The molecule has 198 valence electrons. The number of alkyl halides is 2. The molecule has 0 unspecified atom stereocenters. The van der Waals surface area contributed by atoms with Gasteiger partial charge in [-0.3, -0.25) is 9.69 Å². The second-order valence-corrected chi connectivity index (χ2v) is 12.0. The lowest BCUT2D eigenvalue weighted by Crippen LogP contribution is -2.51. The third kappa shape index (κ3) is 6.73. The van der Waals surface area contributed by atoms with Gasteiger partial charge < -0.3 is 15.4 Å². The standard InChI is InChI=1S/C25H30F2N6O2S2/c1-16(9-28-23-29-11-18(12-30-23)36-22(26)27)10-31-24-32-19-3-2-17(8-21(19)37-24)20(34)13-33-6-4-25(5-7-33)14-35-15-25/h2-3,8,11-12,16,22H,4-7,9-10,13-15H2,1H3,(H,31,32)(H,28,29,30)/t16-/m0/s1. The molecule has 0 bridgehead atoms. The molecule has 12 heteroatoms. The minimum atomic E-state index is -2.49. The summed E-state index contributed by atoms with van der Waals surface area (Å²) >= 11 is 1.96. The number of nitrogens with one attached hydrogen (secondary N) is 2. The molecule has 0 amide bonds. The molecule has 2 aliphatic rings. The Balaban J connectivity index is 1.09. The van der Waals surface area contributed by atoms with E-state index in [4.69, 9.17) is 4.74 Å². The number of rotatable bonds is 11. The first-order valence-electron chi connectivity index (χ1n) is 12.4. The third-order valence-corrected chi connectivity index (χ3v) is 8.51. The quantitative estimate of drug-likeness (QED) is 0.258. The minimum absolute atomic E-state index is 0.147. The number of anilines is 2. The number of carbonyl (C=O) groups is 1. The lowest BCUT2D eigenvalue weighted by Gasteiger charge is -2.47. The normalized spacial score (nSPS) is 18.2. The van der Waals surface area contributed by atoms with Gasteiger partial charge in [0.1, 0.15) is 0 Å². The van der Waals surface area contributed by atoms with Crippen LogP contribution in [0.25, 0.3) is 10.2 Å². The van der Waals surface area contributed by atoms with E-state index in [0.717, 1.165) is 60.1 Å². The summed E-state index contributed by atoms with van der Waals surface area (Å²) in [4.78, 5) is 28.3. The number of likely N-dealkylation sites (tertiary alicyclic amines) is 1. The van der Waals surface area contributed by atoms with Gasteiger partial charge in [-0.25, -0.2) is 15.0 Å². The maximum absolute atomic E-state index is 12.9. The number of ketones is 1. The van der Waals surface area contributed by atoms with Crippen molar-refractivity contribution in [3.63, 3.8) is 0 Å². The molecule has 3 aromatic rings. The van der Waals surface area contributed by atoms with E-state index in [0.29, 0.717) is 47.7 Å². The predicted octanol–water partition coefficient (Wildman–Crippen LogP) is 4.86. The van der Waals surface area contributed by atoms with Crippen LogP contribution in [0.3, 0.4) is 0 Å². The smallest absolute Gasteiger partial charge is 0.289 e. The number of halogens is 2. The van der Waals surface area contributed by atoms with Crippen LogP contribution in [0, 0.1) is 11.3 Å². The first-order valence-corrected chi connectivity index (χ1v) is 14.1. The Hall–Kier alpha value is -2.41. The summed E-state index contributed by atoms with van der Waals surface area (Å²) in [6.45, 7) is 7.47. The van der Waals surface area contributed by atoms with Crippen LogP contribution in [-0.2, 0) is 4.74 Å². The van der Waals surface area contributed by atoms with E-state index in [1.165, 1.54) is 23.7 Å². The number of aromatic nitrogens is 3. The van der Waals surface area contributed by atoms with Crippen molar-refractivity contribution in [2.75, 3.05) is 56.6 Å². The number of benzene rings is 1. The number of carbonyl (C=O) groups excluding carboxylic acids is 1. The predicted molar refractivity (Wildman–Crippen MR) is 143 cm³/mol. The van der Waals surface area contributed by atoms with Gasteiger partial charge in [0.25, 0.3) is 5.76 Å². The van der Waals surface area contributed by atoms with Crippen molar-refractivity contribution in [2.24, 2.45) is 11.3 Å². The van der Waals surface area contributed by atoms with E-state index in [2.05, 4.69) is 37.4 Å². The van der Waals surface area contributed by atoms with Crippen molar-refractivity contribution in [2.45, 2.75) is 30.4 Å². The largest absolute Gasteiger partial charge is 0.380 e. The van der Waals surface area contributed by atoms with Crippen molar-refractivity contribution in [3.05, 3.63) is 36.2 Å². The highest BCUT2D eigenvalue weighted by molar-refractivity contribution is 7.99. The fourth-order valence-electron chi connectivity index (χ4n) is 4.50. The molecule has 8 nitrogen and oxygen atoms in total. The van der Waals surface area contributed by atoms with Gasteiger partial charge in [0.05, 0.1) is 30.0 Å². The minimum Gasteiger partial charge on any atom is -0.380 e. The monoisotopic (exact) mass is 548 g/mol. The molecular formula is C25H30F2N6O2S2. The second kappa shape index (κ2) is 11.5. The Morgan fingerprint density at radius 3 is 2.59 bits per heavy atom. The van der Waals surface area contributed by atoms with Crippen LogP contribution in [0.15, 0.2) is 35.5 Å². The number of hydrogen-bond donors (Lipinski definition) is 2. The molecule has 4 heterocycles. The molecule has 1 atom stereocenters. The molecule has 2 N–H and O–H groups in total. The number of thiazole rings is 1. The van der Waals surface area contributed by atoms with Crippen LogP contribution < -0.4 is 10.6 Å². The van der Waals surface area contributed by atoms with Gasteiger partial charge in [-0.1, -0.05) is 30.0 Å². The molecule has 0 radical (unpaired) electrons. The fourth-order valence-corrected chi connectivity index (χ4v) is 5.85. The molecule has 1 aromatic carbocycles. The molecule has 2 aliphatic heterocycles. The summed E-state index contributed by atoms with van der Waals surface area (Å²) in [7, 11) is 0. The molecule has 0 saturated carbocycles. The summed E-state index contributed by atoms with van der Waals surface area (Å²) in [6, 6.07) is 5.74. The van der Waals surface area contributed by atoms with E-state index < -0.39 is 5.76 Å². The summed E-state index contributed by atoms with van der Waals surface area (Å²) in [5.74, 6) is -1.70. The topological polar surface area (TPSA) is 92.3 Å². The highest BCUT2D eigenvalue weighted by atomic mass is 32.2. The number of Topliss-reactive ketones (excluding diaryl/α,β-unsaturated/α-hetero) is 1. The number of thioether (sulfide) groups is 1. The molecule has 5 rings (SSSR count). The van der Waals surface area contributed by atoms with Crippen LogP contribution in [0.4, 0.5) is 19.9 Å². The fraction of sp³-hybridized carbons (Fsp3) is 0.520. The lowest BCUT2D eigenvalue weighted by atomic mass is 9.77. The van der Waals surface area contributed by atoms with Crippen LogP contribution in [0.5, 0.6) is 0 Å². The van der Waals surface area contributed by atoms with Crippen LogP contribution in [-0.4, -0.2) is 77.3 Å². The average Bonchev–Trinajstić information content (AvgIpc) is 3.28. The number of piperidine rings is 1. The van der Waals surface area contributed by atoms with Gasteiger partial charge in [-0.15, -0.1) is 0 Å². The Morgan fingerprint density at radius 2 is 1.92 bits per heavy atom. The van der Waals surface area contributed by atoms with Gasteiger partial charge in [-0.05, 0) is 50.0 Å². The van der Waals surface area contributed by atoms with E-state index >= 15 is 0 Å². The number of ether oxygens (including phenoxy) is 1. The first kappa shape index (κ1) is 26.2. The Labute approximate surface area is 222 Å². The van der Waals surface area contributed by atoms with Gasteiger partial charge in [0, 0.05) is 41.4 Å². The molecule has 2 saturated heterocycles. The van der Waals surface area contributed by atoms with Crippen molar-refractivity contribution >= 4 is 50.2 Å². The van der Waals surface area contributed by atoms with E-state index in [9.17, 15) is 13.6 Å². The zero-order valence-electron chi connectivity index (χ0n) is 20.6. The molecule has 0 aliphatic carbocycles. The number of nitrogens with zero attached hydrogens (tertiary/aromatic N) is 4. The van der Waals surface area contributed by atoms with Gasteiger partial charge in [0.15, 0.2) is 10.9 Å². The van der Waals surface area contributed by atoms with Crippen molar-refractivity contribution in [1.82, 2.24) is 19.9 Å². The van der Waals surface area contributed by atoms with E-state index in [1.54, 1.807) is 0 Å². The van der Waals surface area contributed by atoms with Crippen molar-refractivity contribution in [3.8, 4) is 0 Å². The van der Waals surface area contributed by atoms with E-state index in [-0.39, 0.29) is 11.7 Å². The van der Waals surface area contributed by atoms with E-state index in [1.807, 2.05) is 18.2 Å². The SMILES string of the molecule is C[C@@H](CNc1ncc(SC(F)F)cn1)CNc1nc2ccc(C(=O)CN3CCC4(CC3)COC4)cc2s1. The maximum Gasteiger partial charge on any atom is 0.289 e. The molecular weight excluding hydrogens is 518 g/mol. The second-order valence-electron chi connectivity index (χ2n) is 9.88. The summed E-state index contributed by atoms with van der Waals surface area (Å²) in [5, 5.41) is 7.30. The highest BCUT2D eigenvalue weighted by Crippen LogP contribution is 2.38. The summed E-state index contributed by atoms with van der Waals surface area (Å²) in [6.07, 6.45) is 5.00. The lowest BCUT2D eigenvalue weighted by molar-refractivity contribution is -0.138. The molecule has 2 fully saturated rings. The Kier molecular flexibility index (Phi) is 8.18. The third-order valence-electron chi connectivity index (χ3n) is 6.87. The summed E-state index contributed by atoms with van der Waals surface area (Å²) in [5.41, 5.74) is 1.97. The van der Waals surface area contributed by atoms with Gasteiger partial charge >= 0.3 is 0 Å². The average molecular weight is 549 g/mol. The van der Waals surface area contributed by atoms with Crippen LogP contribution in [0.1, 0.15) is 30.1 Å². The first-order chi connectivity index (χ1) is 17.9. The van der Waals surface area contributed by atoms with Crippen molar-refractivity contribution < 1.29 is 18.3 Å². The highest BCUT2D eigenvalue weighted by Gasteiger charge is 2.41. The van der Waals surface area contributed by atoms with Crippen LogP contribution in [0.2, 0.25) is 0 Å². The van der Waals surface area contributed by atoms with Gasteiger partial charge in [0.2, 0.25) is 5.95 Å². The molecule has 1 spiro atoms. The Bertz CT molecular complexity index is 1210. The molecule has 2 aromatic heterocycles. The maximum atomic E-state index is 12.9. The molecule has 37 heavy (non-hydrogen) atoms. The zero-order chi connectivity index (χ0) is 25.8. The van der Waals surface area contributed by atoms with Crippen molar-refractivity contribution in [1.29, 1.82) is 0 Å². The Morgan fingerprint density at radius 1 is 1.19 bits per heavy atom. The number of hydrogen-bond acceptors (Lipinski definition) is 10.